The summed E-state index contributed by atoms with van der Waals surface area (Å²) in [5.74, 6) is -0.130. The van der Waals surface area contributed by atoms with Gasteiger partial charge in [0.1, 0.15) is 5.94 Å². The molecule has 1 N–H and O–H groups in total. The van der Waals surface area contributed by atoms with Crippen LogP contribution in [0.1, 0.15) is 6.92 Å². The van der Waals surface area contributed by atoms with E-state index in [1.54, 1.807) is 6.92 Å². The lowest BCUT2D eigenvalue weighted by Crippen LogP contribution is -1.98. The lowest BCUT2D eigenvalue weighted by molar-refractivity contribution is -0.107. The molecule has 0 aromatic heterocycles. The fraction of sp³-hybridized carbons (Fsp3) is 0.400. The Kier molecular flexibility index (Phi) is 5.39. The zero-order valence-corrected chi connectivity index (χ0v) is 7.54. The number of hydrogen-bond donors (Lipinski definition) is 1. The van der Waals surface area contributed by atoms with Gasteiger partial charge in [0, 0.05) is 0 Å². The Bertz CT molecular complexity index is 189. The maximum Gasteiger partial charge on any atom is 0.302 e. The molecule has 0 aliphatic carbocycles. The van der Waals surface area contributed by atoms with E-state index in [0.717, 1.165) is 11.8 Å². The maximum atomic E-state index is 10.7. The highest BCUT2D eigenvalue weighted by molar-refractivity contribution is 8.14. The smallest absolute Gasteiger partial charge is 0.284 e. The van der Waals surface area contributed by atoms with Gasteiger partial charge in [0.2, 0.25) is 5.12 Å². The summed E-state index contributed by atoms with van der Waals surface area (Å²) in [6, 6.07) is 0. The largest absolute Gasteiger partial charge is 0.302 e. The van der Waals surface area contributed by atoms with Crippen molar-refractivity contribution >= 4 is 28.2 Å². The van der Waals surface area contributed by atoms with Crippen LogP contribution in [0.25, 0.3) is 0 Å². The first-order chi connectivity index (χ1) is 5.04. The molecule has 1 unspecified atom stereocenters. The van der Waals surface area contributed by atoms with Crippen molar-refractivity contribution in [2.45, 2.75) is 6.92 Å². The highest BCUT2D eigenvalue weighted by Gasteiger charge is 2.03. The topological polar surface area (TPSA) is 63.6 Å². The highest BCUT2D eigenvalue weighted by Crippen LogP contribution is 2.08. The Hall–Kier alpha value is -0.170. The molecule has 0 aliphatic heterocycles. The molecule has 0 bridgehead atoms. The van der Waals surface area contributed by atoms with Crippen LogP contribution >= 0.6 is 11.8 Å². The summed E-state index contributed by atoms with van der Waals surface area (Å²) in [5, 5.41) is -0.240. The molecule has 0 fully saturated rings. The molecule has 11 heavy (non-hydrogen) atoms. The SMILES string of the molecule is C=C(C)C(=O)SCOS(=O)O. The van der Waals surface area contributed by atoms with E-state index < -0.39 is 11.4 Å². The van der Waals surface area contributed by atoms with Crippen molar-refractivity contribution in [2.75, 3.05) is 5.94 Å². The van der Waals surface area contributed by atoms with Gasteiger partial charge in [0.25, 0.3) is 0 Å². The highest BCUT2D eigenvalue weighted by atomic mass is 32.2. The molecule has 0 aliphatic rings. The summed E-state index contributed by atoms with van der Waals surface area (Å²) in [4.78, 5) is 10.7. The molecule has 0 aromatic rings. The summed E-state index contributed by atoms with van der Waals surface area (Å²) >= 11 is -1.50. The Labute approximate surface area is 71.5 Å². The van der Waals surface area contributed by atoms with E-state index in [-0.39, 0.29) is 11.1 Å². The fourth-order valence-corrected chi connectivity index (χ4v) is 1.12. The minimum Gasteiger partial charge on any atom is -0.284 e. The predicted octanol–water partition coefficient (Wildman–Crippen LogP) is 0.933. The first-order valence-corrected chi connectivity index (χ1v) is 4.62. The Morgan fingerprint density at radius 1 is 1.82 bits per heavy atom. The third-order valence-corrected chi connectivity index (χ3v) is 2.00. The minimum absolute atomic E-state index is 0.130. The Morgan fingerprint density at radius 3 is 2.73 bits per heavy atom. The standard InChI is InChI=1S/C5H8O4S2/c1-4(2)5(6)10-3-9-11(7)8/h1,3H2,2H3,(H,7,8). The van der Waals surface area contributed by atoms with Crippen LogP contribution in [-0.4, -0.2) is 19.8 Å². The zero-order valence-electron chi connectivity index (χ0n) is 5.90. The van der Waals surface area contributed by atoms with Gasteiger partial charge in [-0.2, -0.15) is 4.21 Å². The normalized spacial score (nSPS) is 12.5. The molecule has 0 heterocycles. The van der Waals surface area contributed by atoms with Gasteiger partial charge in [0.05, 0.1) is 0 Å². The van der Waals surface area contributed by atoms with Crippen LogP contribution in [0, 0.1) is 0 Å². The Morgan fingerprint density at radius 2 is 2.36 bits per heavy atom. The van der Waals surface area contributed by atoms with Crippen molar-refractivity contribution in [2.24, 2.45) is 0 Å². The van der Waals surface area contributed by atoms with Gasteiger partial charge in [-0.25, -0.2) is 0 Å². The monoisotopic (exact) mass is 196 g/mol. The lowest BCUT2D eigenvalue weighted by Gasteiger charge is -1.96. The quantitative estimate of drug-likeness (QED) is 0.412. The number of hydrogen-bond acceptors (Lipinski definition) is 4. The average molecular weight is 196 g/mol. The molecule has 0 saturated carbocycles. The molecular formula is C5H8O4S2. The zero-order chi connectivity index (χ0) is 8.85. The van der Waals surface area contributed by atoms with E-state index >= 15 is 0 Å². The molecule has 64 valence electrons. The first-order valence-electron chi connectivity index (χ1n) is 2.61. The minimum atomic E-state index is -2.30. The van der Waals surface area contributed by atoms with E-state index in [1.165, 1.54) is 0 Å². The van der Waals surface area contributed by atoms with Crippen LogP contribution in [0.5, 0.6) is 0 Å². The van der Waals surface area contributed by atoms with Gasteiger partial charge in [-0.15, -0.1) is 0 Å². The van der Waals surface area contributed by atoms with Crippen LogP contribution in [0.3, 0.4) is 0 Å². The van der Waals surface area contributed by atoms with Crippen LogP contribution in [0.2, 0.25) is 0 Å². The summed E-state index contributed by atoms with van der Waals surface area (Å²) < 4.78 is 22.2. The molecule has 4 nitrogen and oxygen atoms in total. The second-order valence-electron chi connectivity index (χ2n) is 1.66. The summed E-state index contributed by atoms with van der Waals surface area (Å²) in [6.07, 6.45) is 0. The van der Waals surface area contributed by atoms with Crippen LogP contribution < -0.4 is 0 Å². The number of thioether (sulfide) groups is 1. The van der Waals surface area contributed by atoms with Crippen molar-refractivity contribution in [1.29, 1.82) is 0 Å². The Balaban J connectivity index is 3.47. The van der Waals surface area contributed by atoms with Gasteiger partial charge < -0.3 is 0 Å². The molecule has 6 heteroatoms. The average Bonchev–Trinajstić information content (AvgIpc) is 1.86. The van der Waals surface area contributed by atoms with E-state index in [1.807, 2.05) is 0 Å². The molecule has 0 saturated heterocycles. The summed E-state index contributed by atoms with van der Waals surface area (Å²) in [5.41, 5.74) is 0.391. The molecular weight excluding hydrogens is 188 g/mol. The number of rotatable bonds is 4. The van der Waals surface area contributed by atoms with E-state index in [0.29, 0.717) is 5.57 Å². The van der Waals surface area contributed by atoms with Gasteiger partial charge >= 0.3 is 11.4 Å². The third-order valence-electron chi connectivity index (χ3n) is 0.687. The third kappa shape index (κ3) is 6.24. The molecule has 0 rings (SSSR count). The number of carbonyl (C=O) groups excluding carboxylic acids is 1. The van der Waals surface area contributed by atoms with Gasteiger partial charge in [-0.3, -0.25) is 13.5 Å². The van der Waals surface area contributed by atoms with E-state index in [2.05, 4.69) is 10.8 Å². The van der Waals surface area contributed by atoms with Crippen molar-refractivity contribution < 1.29 is 17.7 Å². The van der Waals surface area contributed by atoms with Crippen molar-refractivity contribution in [3.05, 3.63) is 12.2 Å². The second kappa shape index (κ2) is 5.48. The van der Waals surface area contributed by atoms with Gasteiger partial charge in [0.15, 0.2) is 0 Å². The molecule has 0 amide bonds. The molecule has 0 spiro atoms. The van der Waals surface area contributed by atoms with Gasteiger partial charge in [-0.1, -0.05) is 18.3 Å². The van der Waals surface area contributed by atoms with Crippen molar-refractivity contribution in [3.8, 4) is 0 Å². The predicted molar refractivity (Wildman–Crippen MR) is 44.1 cm³/mol. The summed E-state index contributed by atoms with van der Waals surface area (Å²) in [7, 11) is 0. The number of carbonyl (C=O) groups is 1. The van der Waals surface area contributed by atoms with Crippen molar-refractivity contribution in [1.82, 2.24) is 0 Å². The lowest BCUT2D eigenvalue weighted by atomic mass is 10.4. The van der Waals surface area contributed by atoms with Crippen LogP contribution in [-0.2, 0) is 20.3 Å². The molecule has 0 aromatic carbocycles. The van der Waals surface area contributed by atoms with E-state index in [9.17, 15) is 9.00 Å². The van der Waals surface area contributed by atoms with Gasteiger partial charge in [-0.05, 0) is 12.5 Å². The van der Waals surface area contributed by atoms with Crippen molar-refractivity contribution in [3.63, 3.8) is 0 Å². The van der Waals surface area contributed by atoms with Crippen LogP contribution in [0.15, 0.2) is 12.2 Å². The second-order valence-corrected chi connectivity index (χ2v) is 3.23. The first kappa shape index (κ1) is 10.8. The van der Waals surface area contributed by atoms with E-state index in [4.69, 9.17) is 4.55 Å². The molecule has 0 radical (unpaired) electrons. The summed E-state index contributed by atoms with van der Waals surface area (Å²) in [6.45, 7) is 4.95. The van der Waals surface area contributed by atoms with Crippen LogP contribution in [0.4, 0.5) is 0 Å². The fourth-order valence-electron chi connectivity index (χ4n) is 0.242. The molecule has 1 atom stereocenters. The maximum absolute atomic E-state index is 10.7.